The fourth-order valence-electron chi connectivity index (χ4n) is 1.93. The van der Waals surface area contributed by atoms with Crippen LogP contribution in [0.5, 0.6) is 0 Å². The molecule has 0 aliphatic heterocycles. The zero-order valence-electron chi connectivity index (χ0n) is 10.2. The average molecular weight is 278 g/mol. The van der Waals surface area contributed by atoms with Crippen molar-refractivity contribution in [1.29, 1.82) is 0 Å². The van der Waals surface area contributed by atoms with Crippen LogP contribution in [0.2, 0.25) is 0 Å². The van der Waals surface area contributed by atoms with E-state index >= 15 is 0 Å². The molecule has 100 valence electrons. The lowest BCUT2D eigenvalue weighted by atomic mass is 9.92. The molecule has 19 heavy (non-hydrogen) atoms. The lowest BCUT2D eigenvalue weighted by molar-refractivity contribution is 0.191. The Hall–Kier alpha value is -1.45. The Balaban J connectivity index is 2.27. The number of benzene rings is 2. The van der Waals surface area contributed by atoms with E-state index in [9.17, 15) is 4.57 Å². The second-order valence-electron chi connectivity index (χ2n) is 4.16. The van der Waals surface area contributed by atoms with Crippen molar-refractivity contribution in [1.82, 2.24) is 0 Å². The molecular weight excluding hydrogens is 263 g/mol. The van der Waals surface area contributed by atoms with Gasteiger partial charge < -0.3 is 9.79 Å². The van der Waals surface area contributed by atoms with Gasteiger partial charge >= 0.3 is 7.82 Å². The average Bonchev–Trinajstić information content (AvgIpc) is 2.40. The summed E-state index contributed by atoms with van der Waals surface area (Å²) in [5, 5.41) is 0. The van der Waals surface area contributed by atoms with Crippen LogP contribution in [0.15, 0.2) is 60.7 Å². The normalized spacial score (nSPS) is 11.7. The molecule has 0 radical (unpaired) electrons. The van der Waals surface area contributed by atoms with E-state index in [1.165, 1.54) is 0 Å². The maximum absolute atomic E-state index is 10.9. The minimum absolute atomic E-state index is 0.0572. The standard InChI is InChI=1S/C14H15O4P/c15-19(16,17)18-11-14(12-7-3-1-4-8-12)13-9-5-2-6-10-13/h1-10,14H,11H2,(H2,15,16,17). The van der Waals surface area contributed by atoms with Gasteiger partial charge in [-0.15, -0.1) is 0 Å². The predicted molar refractivity (Wildman–Crippen MR) is 72.7 cm³/mol. The number of phosphoric ester groups is 1. The van der Waals surface area contributed by atoms with Crippen LogP contribution in [0.1, 0.15) is 17.0 Å². The monoisotopic (exact) mass is 278 g/mol. The van der Waals surface area contributed by atoms with E-state index in [1.807, 2.05) is 60.7 Å². The van der Waals surface area contributed by atoms with E-state index in [1.54, 1.807) is 0 Å². The molecule has 2 aromatic rings. The summed E-state index contributed by atoms with van der Waals surface area (Å²) in [5.74, 6) is -0.199. The van der Waals surface area contributed by atoms with Crippen molar-refractivity contribution in [3.05, 3.63) is 71.8 Å². The van der Waals surface area contributed by atoms with Crippen molar-refractivity contribution >= 4 is 7.82 Å². The maximum Gasteiger partial charge on any atom is 0.469 e. The summed E-state index contributed by atoms with van der Waals surface area (Å²) in [7, 11) is -4.46. The van der Waals surface area contributed by atoms with E-state index in [4.69, 9.17) is 9.79 Å². The molecule has 0 aliphatic carbocycles. The number of phosphoric acid groups is 1. The quantitative estimate of drug-likeness (QED) is 0.825. The van der Waals surface area contributed by atoms with Crippen molar-refractivity contribution in [2.45, 2.75) is 5.92 Å². The van der Waals surface area contributed by atoms with E-state index < -0.39 is 7.82 Å². The van der Waals surface area contributed by atoms with Crippen LogP contribution in [-0.2, 0) is 9.09 Å². The molecule has 0 fully saturated rings. The van der Waals surface area contributed by atoms with Gasteiger partial charge in [-0.2, -0.15) is 0 Å². The van der Waals surface area contributed by atoms with Gasteiger partial charge in [0.25, 0.3) is 0 Å². The fourth-order valence-corrected chi connectivity index (χ4v) is 2.27. The summed E-state index contributed by atoms with van der Waals surface area (Å²) in [4.78, 5) is 17.7. The molecular formula is C14H15O4P. The van der Waals surface area contributed by atoms with E-state index in [2.05, 4.69) is 4.52 Å². The lowest BCUT2D eigenvalue weighted by Crippen LogP contribution is -2.08. The van der Waals surface area contributed by atoms with Crippen LogP contribution >= 0.6 is 7.82 Å². The molecule has 2 rings (SSSR count). The van der Waals surface area contributed by atoms with Crippen molar-refractivity contribution < 1.29 is 18.9 Å². The van der Waals surface area contributed by atoms with Crippen molar-refractivity contribution in [3.63, 3.8) is 0 Å². The van der Waals surface area contributed by atoms with Gasteiger partial charge in [-0.1, -0.05) is 60.7 Å². The number of rotatable bonds is 5. The highest BCUT2D eigenvalue weighted by Gasteiger charge is 2.20. The Labute approximate surface area is 111 Å². The molecule has 0 amide bonds. The Morgan fingerprint density at radius 1 is 0.895 bits per heavy atom. The Morgan fingerprint density at radius 3 is 1.68 bits per heavy atom. The predicted octanol–water partition coefficient (Wildman–Crippen LogP) is 2.93. The molecule has 0 aromatic heterocycles. The number of hydrogen-bond acceptors (Lipinski definition) is 2. The Morgan fingerprint density at radius 2 is 1.32 bits per heavy atom. The van der Waals surface area contributed by atoms with Gasteiger partial charge in [-0.3, -0.25) is 4.52 Å². The molecule has 2 aromatic carbocycles. The first kappa shape index (κ1) is 14.0. The Bertz CT molecular complexity index is 511. The van der Waals surface area contributed by atoms with Crippen LogP contribution in [0, 0.1) is 0 Å². The van der Waals surface area contributed by atoms with Crippen LogP contribution in [0.4, 0.5) is 0 Å². The molecule has 0 saturated heterocycles. The van der Waals surface area contributed by atoms with Crippen LogP contribution in [-0.4, -0.2) is 16.4 Å². The van der Waals surface area contributed by atoms with Crippen LogP contribution in [0.25, 0.3) is 0 Å². The summed E-state index contributed by atoms with van der Waals surface area (Å²) in [5.41, 5.74) is 1.92. The van der Waals surface area contributed by atoms with E-state index in [-0.39, 0.29) is 12.5 Å². The highest BCUT2D eigenvalue weighted by atomic mass is 31.2. The van der Waals surface area contributed by atoms with Crippen LogP contribution < -0.4 is 0 Å². The maximum atomic E-state index is 10.9. The van der Waals surface area contributed by atoms with E-state index in [0.29, 0.717) is 0 Å². The highest BCUT2D eigenvalue weighted by Crippen LogP contribution is 2.38. The molecule has 2 N–H and O–H groups in total. The minimum Gasteiger partial charge on any atom is -0.303 e. The third-order valence-electron chi connectivity index (χ3n) is 2.81. The smallest absolute Gasteiger partial charge is 0.303 e. The van der Waals surface area contributed by atoms with Crippen molar-refractivity contribution in [2.24, 2.45) is 0 Å². The first-order valence-electron chi connectivity index (χ1n) is 5.86. The topological polar surface area (TPSA) is 66.8 Å². The molecule has 0 saturated carbocycles. The molecule has 0 aliphatic rings. The zero-order valence-corrected chi connectivity index (χ0v) is 11.1. The van der Waals surface area contributed by atoms with Gasteiger partial charge in [0.15, 0.2) is 0 Å². The second-order valence-corrected chi connectivity index (χ2v) is 5.40. The van der Waals surface area contributed by atoms with Gasteiger partial charge in [0.1, 0.15) is 0 Å². The third kappa shape index (κ3) is 4.30. The van der Waals surface area contributed by atoms with Gasteiger partial charge in [-0.05, 0) is 11.1 Å². The summed E-state index contributed by atoms with van der Waals surface area (Å²) >= 11 is 0. The minimum atomic E-state index is -4.46. The highest BCUT2D eigenvalue weighted by molar-refractivity contribution is 7.46. The molecule has 0 bridgehead atoms. The van der Waals surface area contributed by atoms with Crippen molar-refractivity contribution in [2.75, 3.05) is 6.61 Å². The summed E-state index contributed by atoms with van der Waals surface area (Å²) < 4.78 is 15.5. The zero-order chi connectivity index (χ0) is 13.7. The summed E-state index contributed by atoms with van der Waals surface area (Å²) in [6.45, 7) is -0.0572. The molecule has 4 nitrogen and oxygen atoms in total. The van der Waals surface area contributed by atoms with E-state index in [0.717, 1.165) is 11.1 Å². The SMILES string of the molecule is O=P(O)(O)OCC(c1ccccc1)c1ccccc1. The van der Waals surface area contributed by atoms with Gasteiger partial charge in [0.2, 0.25) is 0 Å². The molecule has 0 spiro atoms. The van der Waals surface area contributed by atoms with Gasteiger partial charge in [-0.25, -0.2) is 4.57 Å². The van der Waals surface area contributed by atoms with Crippen molar-refractivity contribution in [3.8, 4) is 0 Å². The summed E-state index contributed by atoms with van der Waals surface area (Å²) in [6.07, 6.45) is 0. The lowest BCUT2D eigenvalue weighted by Gasteiger charge is -2.18. The summed E-state index contributed by atoms with van der Waals surface area (Å²) in [6, 6.07) is 19.0. The fraction of sp³-hybridized carbons (Fsp3) is 0.143. The van der Waals surface area contributed by atoms with Gasteiger partial charge in [0, 0.05) is 5.92 Å². The first-order valence-corrected chi connectivity index (χ1v) is 7.39. The second kappa shape index (κ2) is 6.13. The number of hydrogen-bond donors (Lipinski definition) is 2. The third-order valence-corrected chi connectivity index (χ3v) is 3.30. The largest absolute Gasteiger partial charge is 0.469 e. The van der Waals surface area contributed by atoms with Gasteiger partial charge in [0.05, 0.1) is 6.61 Å². The molecule has 5 heteroatoms. The van der Waals surface area contributed by atoms with Crippen LogP contribution in [0.3, 0.4) is 0 Å². The molecule has 0 unspecified atom stereocenters. The molecule has 0 heterocycles. The molecule has 0 atom stereocenters. The first-order chi connectivity index (χ1) is 9.06. The Kier molecular flexibility index (Phi) is 4.51.